The van der Waals surface area contributed by atoms with Gasteiger partial charge < -0.3 is 19.9 Å². The van der Waals surface area contributed by atoms with Crippen molar-refractivity contribution in [3.63, 3.8) is 0 Å². The highest BCUT2D eigenvalue weighted by Gasteiger charge is 2.42. The van der Waals surface area contributed by atoms with Crippen molar-refractivity contribution in [1.82, 2.24) is 24.6 Å². The van der Waals surface area contributed by atoms with Crippen LogP contribution in [-0.2, 0) is 4.74 Å². The monoisotopic (exact) mass is 434 g/mol. The molecular formula is C23H26N6O3. The van der Waals surface area contributed by atoms with E-state index in [-0.39, 0.29) is 6.79 Å². The number of aromatic nitrogens is 4. The van der Waals surface area contributed by atoms with Crippen LogP contribution >= 0.6 is 0 Å². The lowest BCUT2D eigenvalue weighted by molar-refractivity contribution is 0.0528. The molecule has 2 N–H and O–H groups in total. The van der Waals surface area contributed by atoms with Crippen molar-refractivity contribution in [2.24, 2.45) is 11.8 Å². The van der Waals surface area contributed by atoms with Gasteiger partial charge in [-0.3, -0.25) is 4.90 Å². The smallest absolute Gasteiger partial charge is 0.231 e. The van der Waals surface area contributed by atoms with Crippen LogP contribution in [0.4, 0.5) is 5.82 Å². The number of anilines is 1. The van der Waals surface area contributed by atoms with Gasteiger partial charge in [-0.05, 0) is 42.9 Å². The van der Waals surface area contributed by atoms with Crippen LogP contribution in [-0.4, -0.2) is 57.9 Å². The predicted molar refractivity (Wildman–Crippen MR) is 119 cm³/mol. The van der Waals surface area contributed by atoms with E-state index >= 15 is 0 Å². The van der Waals surface area contributed by atoms with Gasteiger partial charge in [0.1, 0.15) is 17.8 Å². The number of ether oxygens (including phenoxy) is 3. The van der Waals surface area contributed by atoms with Crippen LogP contribution in [0.25, 0.3) is 22.3 Å². The van der Waals surface area contributed by atoms with E-state index in [1.54, 1.807) is 6.08 Å². The fourth-order valence-electron chi connectivity index (χ4n) is 5.43. The standard InChI is InChI=1S/C23H26N6O3/c1-2-5-30-12-28-9-15-6-17(7-16(15)10-28)29-23-20(22(24)25-11-26-23)21(27-29)14-3-4-18-19(8-14)32-13-31-18/h2-4,8,11,15-17H,1,5-7,9-10,12-13H2,(H2,24,25,26). The van der Waals surface area contributed by atoms with Gasteiger partial charge in [0.25, 0.3) is 0 Å². The molecule has 1 saturated carbocycles. The Hall–Kier alpha value is -3.17. The van der Waals surface area contributed by atoms with E-state index < -0.39 is 0 Å². The molecule has 32 heavy (non-hydrogen) atoms. The van der Waals surface area contributed by atoms with Gasteiger partial charge >= 0.3 is 0 Å². The number of hydrogen-bond donors (Lipinski definition) is 1. The summed E-state index contributed by atoms with van der Waals surface area (Å²) in [5.74, 6) is 3.18. The molecule has 1 aliphatic carbocycles. The van der Waals surface area contributed by atoms with Gasteiger partial charge in [0, 0.05) is 18.7 Å². The van der Waals surface area contributed by atoms with Crippen LogP contribution in [0, 0.1) is 11.8 Å². The molecule has 9 heteroatoms. The first kappa shape index (κ1) is 19.5. The second-order valence-electron chi connectivity index (χ2n) is 8.79. The summed E-state index contributed by atoms with van der Waals surface area (Å²) in [4.78, 5) is 11.2. The van der Waals surface area contributed by atoms with Crippen LogP contribution in [0.2, 0.25) is 0 Å². The van der Waals surface area contributed by atoms with Crippen molar-refractivity contribution in [3.05, 3.63) is 37.2 Å². The Labute approximate surface area is 185 Å². The summed E-state index contributed by atoms with van der Waals surface area (Å²) in [6.07, 6.45) is 5.46. The van der Waals surface area contributed by atoms with Crippen molar-refractivity contribution in [1.29, 1.82) is 0 Å². The molecule has 9 nitrogen and oxygen atoms in total. The minimum atomic E-state index is 0.236. The van der Waals surface area contributed by atoms with Crippen LogP contribution in [0.1, 0.15) is 18.9 Å². The molecule has 2 atom stereocenters. The van der Waals surface area contributed by atoms with Crippen LogP contribution in [0.15, 0.2) is 37.2 Å². The summed E-state index contributed by atoms with van der Waals surface area (Å²) in [6.45, 7) is 7.33. The molecule has 2 aliphatic heterocycles. The maximum absolute atomic E-state index is 6.30. The van der Waals surface area contributed by atoms with E-state index in [1.165, 1.54) is 6.33 Å². The van der Waals surface area contributed by atoms with Crippen LogP contribution < -0.4 is 15.2 Å². The molecule has 4 heterocycles. The third-order valence-electron chi connectivity index (χ3n) is 6.82. The first-order valence-corrected chi connectivity index (χ1v) is 11.0. The lowest BCUT2D eigenvalue weighted by Crippen LogP contribution is -2.26. The number of nitrogen functional groups attached to an aromatic ring is 1. The SMILES string of the molecule is C=CCOCN1CC2CC(n3nc(-c4ccc5c(c4)OCO5)c4c(N)ncnc43)CC2C1. The number of fused-ring (bicyclic) bond motifs is 3. The highest BCUT2D eigenvalue weighted by atomic mass is 16.7. The van der Waals surface area contributed by atoms with Gasteiger partial charge in [-0.2, -0.15) is 5.10 Å². The topological polar surface area (TPSA) is 101 Å². The Morgan fingerprint density at radius 3 is 2.78 bits per heavy atom. The third-order valence-corrected chi connectivity index (χ3v) is 6.82. The lowest BCUT2D eigenvalue weighted by Gasteiger charge is -2.19. The fourth-order valence-corrected chi connectivity index (χ4v) is 5.43. The molecule has 2 aromatic heterocycles. The van der Waals surface area contributed by atoms with Crippen molar-refractivity contribution in [3.8, 4) is 22.8 Å². The fraction of sp³-hybridized carbons (Fsp3) is 0.435. The first-order valence-electron chi connectivity index (χ1n) is 11.0. The predicted octanol–water partition coefficient (Wildman–Crippen LogP) is 2.85. The molecule has 2 fully saturated rings. The summed E-state index contributed by atoms with van der Waals surface area (Å²) in [6, 6.07) is 6.13. The average molecular weight is 435 g/mol. The average Bonchev–Trinajstić information content (AvgIpc) is 3.55. The zero-order valence-corrected chi connectivity index (χ0v) is 17.8. The number of likely N-dealkylation sites (tertiary alicyclic amines) is 1. The lowest BCUT2D eigenvalue weighted by atomic mass is 10.0. The molecule has 0 spiro atoms. The van der Waals surface area contributed by atoms with E-state index in [4.69, 9.17) is 25.0 Å². The van der Waals surface area contributed by atoms with E-state index in [9.17, 15) is 0 Å². The summed E-state index contributed by atoms with van der Waals surface area (Å²) < 4.78 is 18.7. The first-order chi connectivity index (χ1) is 15.7. The maximum atomic E-state index is 6.30. The molecule has 0 radical (unpaired) electrons. The normalized spacial score (nSPS) is 24.3. The van der Waals surface area contributed by atoms with E-state index in [0.717, 1.165) is 59.7 Å². The molecule has 3 aromatic rings. The highest BCUT2D eigenvalue weighted by Crippen LogP contribution is 2.46. The van der Waals surface area contributed by atoms with Crippen LogP contribution in [0.3, 0.4) is 0 Å². The molecule has 1 aromatic carbocycles. The van der Waals surface area contributed by atoms with Gasteiger partial charge in [0.2, 0.25) is 6.79 Å². The number of nitrogens with zero attached hydrogens (tertiary/aromatic N) is 5. The molecule has 166 valence electrons. The summed E-state index contributed by atoms with van der Waals surface area (Å²) >= 11 is 0. The molecule has 6 rings (SSSR count). The molecular weight excluding hydrogens is 408 g/mol. The molecule has 3 aliphatic rings. The number of nitrogens with two attached hydrogens (primary N) is 1. The summed E-state index contributed by atoms with van der Waals surface area (Å²) in [5.41, 5.74) is 8.80. The zero-order chi connectivity index (χ0) is 21.7. The molecule has 0 bridgehead atoms. The minimum Gasteiger partial charge on any atom is -0.454 e. The van der Waals surface area contributed by atoms with Gasteiger partial charge in [0.05, 0.1) is 24.8 Å². The maximum Gasteiger partial charge on any atom is 0.231 e. The van der Waals surface area contributed by atoms with Crippen LogP contribution in [0.5, 0.6) is 11.5 Å². The van der Waals surface area contributed by atoms with Gasteiger partial charge in [-0.15, -0.1) is 6.58 Å². The Morgan fingerprint density at radius 1 is 1.16 bits per heavy atom. The summed E-state index contributed by atoms with van der Waals surface area (Å²) in [5, 5.41) is 5.82. The highest BCUT2D eigenvalue weighted by molar-refractivity contribution is 5.98. The second-order valence-corrected chi connectivity index (χ2v) is 8.79. The van der Waals surface area contributed by atoms with E-state index in [1.807, 2.05) is 18.2 Å². The molecule has 2 unspecified atom stereocenters. The largest absolute Gasteiger partial charge is 0.454 e. The Bertz CT molecular complexity index is 1160. The van der Waals surface area contributed by atoms with Gasteiger partial charge in [-0.1, -0.05) is 6.08 Å². The Morgan fingerprint density at radius 2 is 1.97 bits per heavy atom. The van der Waals surface area contributed by atoms with Gasteiger partial charge in [0.15, 0.2) is 17.1 Å². The molecule has 1 saturated heterocycles. The quantitative estimate of drug-likeness (QED) is 0.467. The number of rotatable bonds is 6. The van der Waals surface area contributed by atoms with E-state index in [0.29, 0.717) is 37.0 Å². The third kappa shape index (κ3) is 3.20. The number of hydrogen-bond acceptors (Lipinski definition) is 8. The van der Waals surface area contributed by atoms with Crippen molar-refractivity contribution in [2.45, 2.75) is 18.9 Å². The minimum absolute atomic E-state index is 0.236. The zero-order valence-electron chi connectivity index (χ0n) is 17.8. The Balaban J connectivity index is 1.30. The van der Waals surface area contributed by atoms with E-state index in [2.05, 4.69) is 26.1 Å². The van der Waals surface area contributed by atoms with Gasteiger partial charge in [-0.25, -0.2) is 14.6 Å². The second kappa shape index (κ2) is 7.75. The van der Waals surface area contributed by atoms with Crippen molar-refractivity contribution < 1.29 is 14.2 Å². The summed E-state index contributed by atoms with van der Waals surface area (Å²) in [7, 11) is 0. The molecule has 0 amide bonds. The number of benzene rings is 1. The Kier molecular flexibility index (Phi) is 4.73. The van der Waals surface area contributed by atoms with Crippen molar-refractivity contribution >= 4 is 16.9 Å². The van der Waals surface area contributed by atoms with Crippen molar-refractivity contribution in [2.75, 3.05) is 39.0 Å².